The minimum Gasteiger partial charge on any atom is -0.508 e. The number of phenols is 1. The number of hydrogen-bond donors (Lipinski definition) is 1. The summed E-state index contributed by atoms with van der Waals surface area (Å²) in [4.78, 5) is 16.8. The van der Waals surface area contributed by atoms with Crippen molar-refractivity contribution in [1.82, 2.24) is 9.55 Å². The number of fused-ring (bicyclic) bond motifs is 1. The van der Waals surface area contributed by atoms with Crippen LogP contribution in [0.15, 0.2) is 47.3 Å². The molecule has 100 valence electrons. The number of nitrogens with zero attached hydrogens (tertiary/aromatic N) is 2. The fourth-order valence-corrected chi connectivity index (χ4v) is 2.28. The molecule has 3 aromatic rings. The summed E-state index contributed by atoms with van der Waals surface area (Å²) >= 11 is 5.95. The summed E-state index contributed by atoms with van der Waals surface area (Å²) in [5.74, 6) is 0.701. The van der Waals surface area contributed by atoms with Crippen molar-refractivity contribution in [2.45, 2.75) is 0 Å². The number of phenolic OH excluding ortho intramolecular Hbond substituents is 1. The second kappa shape index (κ2) is 4.65. The van der Waals surface area contributed by atoms with Gasteiger partial charge in [0.25, 0.3) is 5.56 Å². The molecule has 0 amide bonds. The fraction of sp³-hybridized carbons (Fsp3) is 0.0667. The van der Waals surface area contributed by atoms with Crippen molar-refractivity contribution in [2.24, 2.45) is 7.05 Å². The van der Waals surface area contributed by atoms with Gasteiger partial charge in [0.1, 0.15) is 11.6 Å². The van der Waals surface area contributed by atoms with Crippen LogP contribution in [0.3, 0.4) is 0 Å². The standard InChI is InChI=1S/C15H11ClN2O2/c1-18-14(9-2-5-11(19)6-3-9)17-13-8-10(16)4-7-12(13)15(18)20/h2-8,19H,1H3. The molecule has 0 atom stereocenters. The summed E-state index contributed by atoms with van der Waals surface area (Å²) in [6.07, 6.45) is 0. The van der Waals surface area contributed by atoms with Crippen LogP contribution in [0.25, 0.3) is 22.3 Å². The first kappa shape index (κ1) is 12.7. The smallest absolute Gasteiger partial charge is 0.261 e. The Balaban J connectivity index is 2.33. The van der Waals surface area contributed by atoms with E-state index in [0.717, 1.165) is 5.56 Å². The second-order valence-corrected chi connectivity index (χ2v) is 4.94. The molecule has 2 aromatic carbocycles. The Morgan fingerprint density at radius 1 is 1.15 bits per heavy atom. The Morgan fingerprint density at radius 2 is 1.85 bits per heavy atom. The molecule has 5 heteroatoms. The maximum atomic E-state index is 12.3. The van der Waals surface area contributed by atoms with Crippen LogP contribution in [-0.4, -0.2) is 14.7 Å². The fourth-order valence-electron chi connectivity index (χ4n) is 2.11. The molecule has 4 nitrogen and oxygen atoms in total. The SMILES string of the molecule is Cn1c(-c2ccc(O)cc2)nc2cc(Cl)ccc2c1=O. The van der Waals surface area contributed by atoms with Gasteiger partial charge in [-0.1, -0.05) is 11.6 Å². The predicted octanol–water partition coefficient (Wildman–Crippen LogP) is 2.96. The van der Waals surface area contributed by atoms with Gasteiger partial charge in [-0.2, -0.15) is 0 Å². The zero-order valence-corrected chi connectivity index (χ0v) is 11.4. The summed E-state index contributed by atoms with van der Waals surface area (Å²) in [6.45, 7) is 0. The monoisotopic (exact) mass is 286 g/mol. The molecule has 0 fully saturated rings. The van der Waals surface area contributed by atoms with E-state index in [1.165, 1.54) is 4.57 Å². The molecule has 0 aliphatic heterocycles. The van der Waals surface area contributed by atoms with Gasteiger partial charge in [-0.05, 0) is 42.5 Å². The van der Waals surface area contributed by atoms with Crippen molar-refractivity contribution in [3.8, 4) is 17.1 Å². The molecule has 1 heterocycles. The van der Waals surface area contributed by atoms with Crippen LogP contribution < -0.4 is 5.56 Å². The molecule has 0 aliphatic rings. The number of halogens is 1. The van der Waals surface area contributed by atoms with Crippen molar-refractivity contribution in [3.63, 3.8) is 0 Å². The van der Waals surface area contributed by atoms with Gasteiger partial charge in [0, 0.05) is 17.6 Å². The summed E-state index contributed by atoms with van der Waals surface area (Å²) in [5.41, 5.74) is 1.18. The highest BCUT2D eigenvalue weighted by atomic mass is 35.5. The first-order valence-corrected chi connectivity index (χ1v) is 6.40. The van der Waals surface area contributed by atoms with Crippen molar-refractivity contribution < 1.29 is 5.11 Å². The van der Waals surface area contributed by atoms with Crippen LogP contribution in [0, 0.1) is 0 Å². The molecule has 1 aromatic heterocycles. The molecule has 0 unspecified atom stereocenters. The zero-order valence-electron chi connectivity index (χ0n) is 10.7. The topological polar surface area (TPSA) is 55.1 Å². The second-order valence-electron chi connectivity index (χ2n) is 4.51. The molecule has 3 rings (SSSR count). The largest absolute Gasteiger partial charge is 0.508 e. The van der Waals surface area contributed by atoms with E-state index in [1.54, 1.807) is 49.5 Å². The zero-order chi connectivity index (χ0) is 14.3. The molecule has 1 N–H and O–H groups in total. The van der Waals surface area contributed by atoms with Gasteiger partial charge in [0.2, 0.25) is 0 Å². The summed E-state index contributed by atoms with van der Waals surface area (Å²) in [6, 6.07) is 11.6. The molecular formula is C15H11ClN2O2. The van der Waals surface area contributed by atoms with E-state index in [-0.39, 0.29) is 11.3 Å². The molecule has 0 aliphatic carbocycles. The average molecular weight is 287 g/mol. The number of hydrogen-bond acceptors (Lipinski definition) is 3. The van der Waals surface area contributed by atoms with Crippen molar-refractivity contribution in [1.29, 1.82) is 0 Å². The van der Waals surface area contributed by atoms with E-state index in [1.807, 2.05) is 0 Å². The Morgan fingerprint density at radius 3 is 2.55 bits per heavy atom. The van der Waals surface area contributed by atoms with Crippen molar-refractivity contribution >= 4 is 22.5 Å². The number of benzene rings is 2. The lowest BCUT2D eigenvalue weighted by molar-refractivity contribution is 0.475. The minimum atomic E-state index is -0.130. The van der Waals surface area contributed by atoms with E-state index in [9.17, 15) is 9.90 Å². The van der Waals surface area contributed by atoms with Crippen LogP contribution in [0.1, 0.15) is 0 Å². The first-order valence-electron chi connectivity index (χ1n) is 6.02. The van der Waals surface area contributed by atoms with Crippen molar-refractivity contribution in [3.05, 3.63) is 57.8 Å². The lowest BCUT2D eigenvalue weighted by Gasteiger charge is -2.09. The maximum absolute atomic E-state index is 12.3. The summed E-state index contributed by atoms with van der Waals surface area (Å²) in [5, 5.41) is 10.4. The molecule has 0 bridgehead atoms. The lowest BCUT2D eigenvalue weighted by Crippen LogP contribution is -2.20. The number of aromatic nitrogens is 2. The third-order valence-corrected chi connectivity index (χ3v) is 3.40. The number of aromatic hydroxyl groups is 1. The van der Waals surface area contributed by atoms with Crippen LogP contribution in [0.2, 0.25) is 5.02 Å². The molecular weight excluding hydrogens is 276 g/mol. The summed E-state index contributed by atoms with van der Waals surface area (Å²) in [7, 11) is 1.67. The molecule has 0 saturated carbocycles. The molecule has 0 saturated heterocycles. The van der Waals surface area contributed by atoms with Gasteiger partial charge in [-0.3, -0.25) is 9.36 Å². The quantitative estimate of drug-likeness (QED) is 0.748. The Kier molecular flexibility index (Phi) is 2.95. The van der Waals surface area contributed by atoms with E-state index in [4.69, 9.17) is 11.6 Å². The third-order valence-electron chi connectivity index (χ3n) is 3.16. The third kappa shape index (κ3) is 2.04. The lowest BCUT2D eigenvalue weighted by atomic mass is 10.1. The molecule has 0 radical (unpaired) electrons. The molecule has 20 heavy (non-hydrogen) atoms. The van der Waals surface area contributed by atoms with Gasteiger partial charge < -0.3 is 5.11 Å². The highest BCUT2D eigenvalue weighted by molar-refractivity contribution is 6.31. The van der Waals surface area contributed by atoms with Gasteiger partial charge in [-0.25, -0.2) is 4.98 Å². The van der Waals surface area contributed by atoms with Crippen LogP contribution in [0.4, 0.5) is 0 Å². The van der Waals surface area contributed by atoms with Crippen LogP contribution in [0.5, 0.6) is 5.75 Å². The Labute approximate surface area is 119 Å². The first-order chi connectivity index (χ1) is 9.56. The van der Waals surface area contributed by atoms with Crippen LogP contribution in [-0.2, 0) is 7.05 Å². The number of rotatable bonds is 1. The molecule has 0 spiro atoms. The van der Waals surface area contributed by atoms with E-state index in [0.29, 0.717) is 21.7 Å². The van der Waals surface area contributed by atoms with Gasteiger partial charge in [-0.15, -0.1) is 0 Å². The van der Waals surface area contributed by atoms with E-state index in [2.05, 4.69) is 4.98 Å². The average Bonchev–Trinajstić information content (AvgIpc) is 2.44. The van der Waals surface area contributed by atoms with E-state index < -0.39 is 0 Å². The van der Waals surface area contributed by atoms with Gasteiger partial charge in [0.05, 0.1) is 10.9 Å². The Hall–Kier alpha value is -2.33. The predicted molar refractivity (Wildman–Crippen MR) is 79.1 cm³/mol. The van der Waals surface area contributed by atoms with Gasteiger partial charge >= 0.3 is 0 Å². The highest BCUT2D eigenvalue weighted by Crippen LogP contribution is 2.22. The minimum absolute atomic E-state index is 0.130. The maximum Gasteiger partial charge on any atom is 0.261 e. The van der Waals surface area contributed by atoms with Crippen molar-refractivity contribution in [2.75, 3.05) is 0 Å². The van der Waals surface area contributed by atoms with E-state index >= 15 is 0 Å². The highest BCUT2D eigenvalue weighted by Gasteiger charge is 2.10. The summed E-state index contributed by atoms with van der Waals surface area (Å²) < 4.78 is 1.49. The Bertz CT molecular complexity index is 854. The normalized spacial score (nSPS) is 10.9. The van der Waals surface area contributed by atoms with Gasteiger partial charge in [0.15, 0.2) is 0 Å². The van der Waals surface area contributed by atoms with Crippen LogP contribution >= 0.6 is 11.6 Å².